The van der Waals surface area contributed by atoms with Gasteiger partial charge >= 0.3 is 0 Å². The highest BCUT2D eigenvalue weighted by Gasteiger charge is 2.10. The Morgan fingerprint density at radius 3 is 2.80 bits per heavy atom. The lowest BCUT2D eigenvalue weighted by Crippen LogP contribution is -2.29. The summed E-state index contributed by atoms with van der Waals surface area (Å²) in [4.78, 5) is 6.04. The van der Waals surface area contributed by atoms with Gasteiger partial charge in [-0.25, -0.2) is 4.98 Å². The molecule has 1 aromatic rings. The molecule has 0 radical (unpaired) electrons. The van der Waals surface area contributed by atoms with Crippen molar-refractivity contribution in [2.45, 2.75) is 19.4 Å². The molecule has 0 aliphatic carbocycles. The molecule has 0 fully saturated rings. The van der Waals surface area contributed by atoms with E-state index in [2.05, 4.69) is 11.1 Å². The second-order valence-corrected chi connectivity index (χ2v) is 3.31. The molecule has 1 aromatic heterocycles. The smallest absolute Gasteiger partial charge is 0.142 e. The van der Waals surface area contributed by atoms with Gasteiger partial charge in [0.05, 0.1) is 12.5 Å². The summed E-state index contributed by atoms with van der Waals surface area (Å²) in [6, 6.07) is 9.47. The van der Waals surface area contributed by atoms with Crippen LogP contribution < -0.4 is 4.90 Å². The third-order valence-corrected chi connectivity index (χ3v) is 2.26. The van der Waals surface area contributed by atoms with Crippen LogP contribution in [0, 0.1) is 22.7 Å². The molecule has 0 aliphatic rings. The Kier molecular flexibility index (Phi) is 3.65. The van der Waals surface area contributed by atoms with Crippen LogP contribution in [0.1, 0.15) is 19.0 Å². The van der Waals surface area contributed by atoms with Crippen molar-refractivity contribution in [2.24, 2.45) is 0 Å². The van der Waals surface area contributed by atoms with Gasteiger partial charge < -0.3 is 4.90 Å². The van der Waals surface area contributed by atoms with Crippen LogP contribution in [-0.4, -0.2) is 18.1 Å². The first-order valence-electron chi connectivity index (χ1n) is 4.66. The van der Waals surface area contributed by atoms with Gasteiger partial charge in [0, 0.05) is 13.1 Å². The number of hydrogen-bond donors (Lipinski definition) is 0. The number of anilines is 1. The van der Waals surface area contributed by atoms with Gasteiger partial charge in [-0.3, -0.25) is 0 Å². The van der Waals surface area contributed by atoms with Crippen LogP contribution in [0.15, 0.2) is 18.2 Å². The van der Waals surface area contributed by atoms with Crippen molar-refractivity contribution >= 4 is 5.82 Å². The average molecular weight is 200 g/mol. The van der Waals surface area contributed by atoms with Crippen LogP contribution in [-0.2, 0) is 0 Å². The normalized spacial score (nSPS) is 11.2. The molecule has 76 valence electrons. The Hall–Kier alpha value is -2.07. The molecule has 4 nitrogen and oxygen atoms in total. The summed E-state index contributed by atoms with van der Waals surface area (Å²) in [5.41, 5.74) is 0.392. The van der Waals surface area contributed by atoms with Gasteiger partial charge in [0.15, 0.2) is 0 Å². The van der Waals surface area contributed by atoms with Crippen LogP contribution in [0.25, 0.3) is 0 Å². The van der Waals surface area contributed by atoms with E-state index in [0.29, 0.717) is 12.1 Å². The van der Waals surface area contributed by atoms with E-state index in [1.165, 1.54) is 0 Å². The van der Waals surface area contributed by atoms with Crippen LogP contribution in [0.5, 0.6) is 0 Å². The number of nitriles is 2. The molecule has 0 spiro atoms. The van der Waals surface area contributed by atoms with E-state index in [4.69, 9.17) is 10.5 Å². The molecule has 0 aromatic carbocycles. The molecule has 4 heteroatoms. The molecular formula is C11H12N4. The predicted octanol–water partition coefficient (Wildman–Crippen LogP) is 1.69. The molecule has 0 amide bonds. The third kappa shape index (κ3) is 2.69. The molecule has 1 heterocycles. The molecule has 0 saturated carbocycles. The SMILES string of the molecule is CC(CC#N)N(C)c1cccc(C#N)n1. The van der Waals surface area contributed by atoms with Crippen LogP contribution in [0.2, 0.25) is 0 Å². The van der Waals surface area contributed by atoms with E-state index in [-0.39, 0.29) is 6.04 Å². The fourth-order valence-corrected chi connectivity index (χ4v) is 1.18. The summed E-state index contributed by atoms with van der Waals surface area (Å²) in [5.74, 6) is 0.719. The maximum Gasteiger partial charge on any atom is 0.142 e. The fraction of sp³-hybridized carbons (Fsp3) is 0.364. The molecule has 1 rings (SSSR count). The number of aromatic nitrogens is 1. The highest BCUT2D eigenvalue weighted by molar-refractivity contribution is 5.41. The lowest BCUT2D eigenvalue weighted by atomic mass is 10.2. The van der Waals surface area contributed by atoms with E-state index < -0.39 is 0 Å². The van der Waals surface area contributed by atoms with Gasteiger partial charge in [-0.2, -0.15) is 10.5 Å². The lowest BCUT2D eigenvalue weighted by molar-refractivity contribution is 0.693. The minimum absolute atomic E-state index is 0.0939. The highest BCUT2D eigenvalue weighted by atomic mass is 15.2. The van der Waals surface area contributed by atoms with Gasteiger partial charge in [-0.1, -0.05) is 6.07 Å². The van der Waals surface area contributed by atoms with Crippen LogP contribution >= 0.6 is 0 Å². The first-order chi connectivity index (χ1) is 7.19. The Morgan fingerprint density at radius 1 is 1.47 bits per heavy atom. The van der Waals surface area contributed by atoms with Crippen LogP contribution in [0.3, 0.4) is 0 Å². The minimum atomic E-state index is 0.0939. The molecule has 15 heavy (non-hydrogen) atoms. The van der Waals surface area contributed by atoms with E-state index in [1.54, 1.807) is 12.1 Å². The predicted molar refractivity (Wildman–Crippen MR) is 57.0 cm³/mol. The summed E-state index contributed by atoms with van der Waals surface area (Å²) < 4.78 is 0. The Labute approximate surface area is 89.4 Å². The van der Waals surface area contributed by atoms with E-state index >= 15 is 0 Å². The Balaban J connectivity index is 2.87. The second kappa shape index (κ2) is 4.97. The van der Waals surface area contributed by atoms with Crippen molar-refractivity contribution < 1.29 is 0 Å². The molecule has 0 saturated heterocycles. The summed E-state index contributed by atoms with van der Waals surface area (Å²) in [6.07, 6.45) is 0.439. The van der Waals surface area contributed by atoms with Gasteiger partial charge in [0.2, 0.25) is 0 Å². The van der Waals surface area contributed by atoms with Crippen molar-refractivity contribution in [1.82, 2.24) is 4.98 Å². The first-order valence-corrected chi connectivity index (χ1v) is 4.66. The van der Waals surface area contributed by atoms with Gasteiger partial charge in [0.25, 0.3) is 0 Å². The summed E-state index contributed by atoms with van der Waals surface area (Å²) in [6.45, 7) is 1.95. The van der Waals surface area contributed by atoms with E-state index in [9.17, 15) is 0 Å². The Bertz CT molecular complexity index is 413. The number of nitrogens with zero attached hydrogens (tertiary/aromatic N) is 4. The average Bonchev–Trinajstić information content (AvgIpc) is 2.28. The number of hydrogen-bond acceptors (Lipinski definition) is 4. The van der Waals surface area contributed by atoms with Crippen molar-refractivity contribution in [3.63, 3.8) is 0 Å². The summed E-state index contributed by atoms with van der Waals surface area (Å²) in [5, 5.41) is 17.3. The third-order valence-electron chi connectivity index (χ3n) is 2.26. The zero-order valence-corrected chi connectivity index (χ0v) is 8.81. The zero-order chi connectivity index (χ0) is 11.3. The topological polar surface area (TPSA) is 63.7 Å². The molecular weight excluding hydrogens is 188 g/mol. The largest absolute Gasteiger partial charge is 0.356 e. The van der Waals surface area contributed by atoms with Crippen LogP contribution in [0.4, 0.5) is 5.82 Å². The maximum absolute atomic E-state index is 8.70. The molecule has 0 N–H and O–H groups in total. The maximum atomic E-state index is 8.70. The first kappa shape index (κ1) is 11.0. The molecule has 1 atom stereocenters. The molecule has 0 aliphatic heterocycles. The fourth-order valence-electron chi connectivity index (χ4n) is 1.18. The zero-order valence-electron chi connectivity index (χ0n) is 8.81. The summed E-state index contributed by atoms with van der Waals surface area (Å²) in [7, 11) is 1.87. The summed E-state index contributed by atoms with van der Waals surface area (Å²) >= 11 is 0. The minimum Gasteiger partial charge on any atom is -0.356 e. The molecule has 1 unspecified atom stereocenters. The van der Waals surface area contributed by atoms with Crippen molar-refractivity contribution in [2.75, 3.05) is 11.9 Å². The number of pyridine rings is 1. The Morgan fingerprint density at radius 2 is 2.20 bits per heavy atom. The lowest BCUT2D eigenvalue weighted by Gasteiger charge is -2.23. The van der Waals surface area contributed by atoms with Crippen molar-refractivity contribution in [1.29, 1.82) is 10.5 Å². The molecule has 0 bridgehead atoms. The standard InChI is InChI=1S/C11H12N4/c1-9(6-7-12)15(2)11-5-3-4-10(8-13)14-11/h3-5,9H,6H2,1-2H3. The highest BCUT2D eigenvalue weighted by Crippen LogP contribution is 2.13. The second-order valence-electron chi connectivity index (χ2n) is 3.31. The van der Waals surface area contributed by atoms with E-state index in [0.717, 1.165) is 5.82 Å². The number of rotatable bonds is 3. The van der Waals surface area contributed by atoms with Gasteiger partial charge in [-0.15, -0.1) is 0 Å². The van der Waals surface area contributed by atoms with Gasteiger partial charge in [0.1, 0.15) is 17.6 Å². The van der Waals surface area contributed by atoms with Crippen molar-refractivity contribution in [3.8, 4) is 12.1 Å². The van der Waals surface area contributed by atoms with Gasteiger partial charge in [-0.05, 0) is 19.1 Å². The van der Waals surface area contributed by atoms with Crippen molar-refractivity contribution in [3.05, 3.63) is 23.9 Å². The monoisotopic (exact) mass is 200 g/mol. The quantitative estimate of drug-likeness (QED) is 0.744. The van der Waals surface area contributed by atoms with E-state index in [1.807, 2.05) is 31.0 Å².